The topological polar surface area (TPSA) is 75.7 Å². The Morgan fingerprint density at radius 2 is 1.86 bits per heavy atom. The molecular formula is C23H24N2O4. The molecule has 150 valence electrons. The van der Waals surface area contributed by atoms with Crippen LogP contribution in [-0.4, -0.2) is 41.4 Å². The molecule has 0 aromatic heterocycles. The van der Waals surface area contributed by atoms with Crippen LogP contribution in [-0.2, 0) is 14.3 Å². The number of carbonyl (C=O) groups excluding carboxylic acids is 3. The monoisotopic (exact) mass is 392 g/mol. The lowest BCUT2D eigenvalue weighted by atomic mass is 9.72. The first kappa shape index (κ1) is 19.2. The number of hydrogen-bond acceptors (Lipinski definition) is 4. The van der Waals surface area contributed by atoms with Gasteiger partial charge in [-0.3, -0.25) is 14.4 Å². The molecule has 2 aliphatic rings. The van der Waals surface area contributed by atoms with Crippen LogP contribution in [0.15, 0.2) is 48.5 Å². The van der Waals surface area contributed by atoms with Crippen molar-refractivity contribution in [3.05, 3.63) is 65.2 Å². The molecule has 0 spiro atoms. The fourth-order valence-electron chi connectivity index (χ4n) is 4.57. The molecule has 6 nitrogen and oxygen atoms in total. The van der Waals surface area contributed by atoms with E-state index < -0.39 is 17.4 Å². The van der Waals surface area contributed by atoms with Gasteiger partial charge >= 0.3 is 5.97 Å². The smallest absolute Gasteiger partial charge is 0.311 e. The quantitative estimate of drug-likeness (QED) is 0.815. The van der Waals surface area contributed by atoms with Crippen molar-refractivity contribution >= 4 is 23.5 Å². The Hall–Kier alpha value is -3.15. The SMILES string of the molecule is CCOC(=O)[C@H]1CN(C(=O)c2ccc(C)cc2)[C@]2(C)C(=O)Nc3ccccc3[C@H]12. The summed E-state index contributed by atoms with van der Waals surface area (Å²) >= 11 is 0. The Balaban J connectivity index is 1.82. The van der Waals surface area contributed by atoms with Crippen LogP contribution in [0.5, 0.6) is 0 Å². The molecule has 2 heterocycles. The van der Waals surface area contributed by atoms with E-state index in [9.17, 15) is 14.4 Å². The van der Waals surface area contributed by atoms with E-state index in [0.717, 1.165) is 11.1 Å². The van der Waals surface area contributed by atoms with Crippen molar-refractivity contribution in [2.45, 2.75) is 32.2 Å². The molecule has 2 aliphatic heterocycles. The molecule has 2 amide bonds. The summed E-state index contributed by atoms with van der Waals surface area (Å²) in [6.45, 7) is 5.83. The summed E-state index contributed by atoms with van der Waals surface area (Å²) in [5.74, 6) is -2.01. The Kier molecular flexibility index (Phi) is 4.65. The average molecular weight is 392 g/mol. The number of carbonyl (C=O) groups is 3. The van der Waals surface area contributed by atoms with Gasteiger partial charge in [-0.05, 0) is 44.5 Å². The van der Waals surface area contributed by atoms with Gasteiger partial charge < -0.3 is 15.0 Å². The second-order valence-corrected chi connectivity index (χ2v) is 7.81. The van der Waals surface area contributed by atoms with Gasteiger partial charge in [0.25, 0.3) is 11.8 Å². The second-order valence-electron chi connectivity index (χ2n) is 7.81. The third-order valence-corrected chi connectivity index (χ3v) is 6.08. The van der Waals surface area contributed by atoms with E-state index in [0.29, 0.717) is 11.3 Å². The number of ether oxygens (including phenoxy) is 1. The summed E-state index contributed by atoms with van der Waals surface area (Å²) in [7, 11) is 0. The summed E-state index contributed by atoms with van der Waals surface area (Å²) in [6.07, 6.45) is 0. The van der Waals surface area contributed by atoms with E-state index in [1.165, 1.54) is 4.90 Å². The number of hydrogen-bond donors (Lipinski definition) is 1. The van der Waals surface area contributed by atoms with Gasteiger partial charge in [-0.15, -0.1) is 0 Å². The lowest BCUT2D eigenvalue weighted by molar-refractivity contribution is -0.148. The number of rotatable bonds is 3. The summed E-state index contributed by atoms with van der Waals surface area (Å²) in [6, 6.07) is 14.7. The molecule has 1 saturated heterocycles. The van der Waals surface area contributed by atoms with Crippen molar-refractivity contribution in [3.63, 3.8) is 0 Å². The summed E-state index contributed by atoms with van der Waals surface area (Å²) in [4.78, 5) is 41.0. The van der Waals surface area contributed by atoms with Crippen molar-refractivity contribution in [3.8, 4) is 0 Å². The minimum Gasteiger partial charge on any atom is -0.466 e. The number of anilines is 1. The first-order chi connectivity index (χ1) is 13.9. The van der Waals surface area contributed by atoms with Gasteiger partial charge in [0.2, 0.25) is 0 Å². The van der Waals surface area contributed by atoms with Gasteiger partial charge in [-0.25, -0.2) is 0 Å². The first-order valence-corrected chi connectivity index (χ1v) is 9.83. The zero-order chi connectivity index (χ0) is 20.8. The van der Waals surface area contributed by atoms with Crippen LogP contribution in [0.4, 0.5) is 5.69 Å². The van der Waals surface area contributed by atoms with Gasteiger partial charge in [0.15, 0.2) is 0 Å². The highest BCUT2D eigenvalue weighted by atomic mass is 16.5. The Labute approximate surface area is 169 Å². The third-order valence-electron chi connectivity index (χ3n) is 6.08. The van der Waals surface area contributed by atoms with E-state index in [2.05, 4.69) is 5.32 Å². The predicted molar refractivity (Wildman–Crippen MR) is 109 cm³/mol. The number of aryl methyl sites for hydroxylation is 1. The van der Waals surface area contributed by atoms with Crippen molar-refractivity contribution in [1.82, 2.24) is 4.90 Å². The Bertz CT molecular complexity index is 985. The summed E-state index contributed by atoms with van der Waals surface area (Å²) < 4.78 is 5.31. The van der Waals surface area contributed by atoms with Gasteiger partial charge in [-0.2, -0.15) is 0 Å². The number of amides is 2. The van der Waals surface area contributed by atoms with E-state index >= 15 is 0 Å². The molecule has 4 rings (SSSR count). The zero-order valence-electron chi connectivity index (χ0n) is 16.8. The molecule has 2 aromatic carbocycles. The van der Waals surface area contributed by atoms with Crippen LogP contribution >= 0.6 is 0 Å². The Morgan fingerprint density at radius 1 is 1.17 bits per heavy atom. The molecule has 2 aromatic rings. The lowest BCUT2D eigenvalue weighted by Crippen LogP contribution is -2.58. The van der Waals surface area contributed by atoms with Crippen molar-refractivity contribution in [2.75, 3.05) is 18.5 Å². The lowest BCUT2D eigenvalue weighted by Gasteiger charge is -2.42. The number of nitrogens with zero attached hydrogens (tertiary/aromatic N) is 1. The van der Waals surface area contributed by atoms with E-state index in [-0.39, 0.29) is 30.9 Å². The van der Waals surface area contributed by atoms with Crippen LogP contribution in [0, 0.1) is 12.8 Å². The predicted octanol–water partition coefficient (Wildman–Crippen LogP) is 3.12. The van der Waals surface area contributed by atoms with Gasteiger partial charge in [-0.1, -0.05) is 35.9 Å². The molecule has 0 aliphatic carbocycles. The highest BCUT2D eigenvalue weighted by molar-refractivity contribution is 6.08. The standard InChI is InChI=1S/C23H24N2O4/c1-4-29-21(27)17-13-25(20(26)15-11-9-14(2)10-12-15)23(3)19(17)16-7-5-6-8-18(16)24-22(23)28/h5-12,17,19H,4,13H2,1-3H3,(H,24,28)/t17-,19+,23-/m0/s1. The molecule has 29 heavy (non-hydrogen) atoms. The van der Waals surface area contributed by atoms with Crippen LogP contribution in [0.25, 0.3) is 0 Å². The zero-order valence-corrected chi connectivity index (χ0v) is 16.8. The minimum atomic E-state index is -1.19. The van der Waals surface area contributed by atoms with E-state index in [1.807, 2.05) is 43.3 Å². The van der Waals surface area contributed by atoms with Crippen molar-refractivity contribution in [2.24, 2.45) is 5.92 Å². The number of likely N-dealkylation sites (tertiary alicyclic amines) is 1. The third kappa shape index (κ3) is 2.90. The molecule has 1 N–H and O–H groups in total. The molecule has 0 bridgehead atoms. The van der Waals surface area contributed by atoms with Crippen molar-refractivity contribution in [1.29, 1.82) is 0 Å². The normalized spacial score (nSPS) is 25.1. The number of esters is 1. The molecular weight excluding hydrogens is 368 g/mol. The van der Waals surface area contributed by atoms with E-state index in [4.69, 9.17) is 4.74 Å². The molecule has 0 radical (unpaired) electrons. The molecule has 0 saturated carbocycles. The van der Waals surface area contributed by atoms with Crippen LogP contribution in [0.3, 0.4) is 0 Å². The molecule has 1 fully saturated rings. The first-order valence-electron chi connectivity index (χ1n) is 9.83. The highest BCUT2D eigenvalue weighted by Crippen LogP contribution is 2.51. The largest absolute Gasteiger partial charge is 0.466 e. The number of benzene rings is 2. The summed E-state index contributed by atoms with van der Waals surface area (Å²) in [5.41, 5.74) is 1.88. The molecule has 0 unspecified atom stereocenters. The molecule has 6 heteroatoms. The summed E-state index contributed by atoms with van der Waals surface area (Å²) in [5, 5.41) is 2.92. The maximum atomic E-state index is 13.4. The maximum Gasteiger partial charge on any atom is 0.311 e. The average Bonchev–Trinajstić information content (AvgIpc) is 3.03. The molecule has 3 atom stereocenters. The van der Waals surface area contributed by atoms with Crippen LogP contribution < -0.4 is 5.32 Å². The van der Waals surface area contributed by atoms with Gasteiger partial charge in [0, 0.05) is 23.7 Å². The van der Waals surface area contributed by atoms with E-state index in [1.54, 1.807) is 26.0 Å². The number of nitrogens with one attached hydrogen (secondary N) is 1. The van der Waals surface area contributed by atoms with Crippen molar-refractivity contribution < 1.29 is 19.1 Å². The number of fused-ring (bicyclic) bond motifs is 3. The fraction of sp³-hybridized carbons (Fsp3) is 0.348. The highest BCUT2D eigenvalue weighted by Gasteiger charge is 2.62. The van der Waals surface area contributed by atoms with Gasteiger partial charge in [0.05, 0.1) is 12.5 Å². The van der Waals surface area contributed by atoms with Crippen LogP contribution in [0.2, 0.25) is 0 Å². The minimum absolute atomic E-state index is 0.133. The Morgan fingerprint density at radius 3 is 2.55 bits per heavy atom. The number of para-hydroxylation sites is 1. The fourth-order valence-corrected chi connectivity index (χ4v) is 4.57. The second kappa shape index (κ2) is 7.03. The van der Waals surface area contributed by atoms with Crippen LogP contribution in [0.1, 0.15) is 41.3 Å². The maximum absolute atomic E-state index is 13.4. The van der Waals surface area contributed by atoms with Gasteiger partial charge in [0.1, 0.15) is 5.54 Å².